The second-order valence-electron chi connectivity index (χ2n) is 12.2. The first-order valence-electron chi connectivity index (χ1n) is 12.2. The molecule has 1 spiro atoms. The van der Waals surface area contributed by atoms with Crippen molar-refractivity contribution in [2.24, 2.45) is 33.5 Å². The van der Waals surface area contributed by atoms with Crippen molar-refractivity contribution in [3.63, 3.8) is 0 Å². The summed E-state index contributed by atoms with van der Waals surface area (Å²) in [5.41, 5.74) is -0.443. The van der Waals surface area contributed by atoms with Crippen LogP contribution in [0.2, 0.25) is 0 Å². The zero-order chi connectivity index (χ0) is 22.2. The van der Waals surface area contributed by atoms with Crippen molar-refractivity contribution in [3.05, 3.63) is 0 Å². The van der Waals surface area contributed by atoms with Gasteiger partial charge in [-0.1, -0.05) is 20.3 Å². The number of Topliss-reactive ketones (excluding diaryl/α,β-unsaturated/α-hetero) is 1. The van der Waals surface area contributed by atoms with E-state index in [2.05, 4.69) is 26.1 Å². The number of carboxylic acid groups (broad SMARTS) is 1. The summed E-state index contributed by atoms with van der Waals surface area (Å²) in [5, 5.41) is 12.2. The van der Waals surface area contributed by atoms with E-state index in [0.717, 1.165) is 57.8 Å². The molecule has 5 fully saturated rings. The minimum absolute atomic E-state index is 0.0632. The van der Waals surface area contributed by atoms with Gasteiger partial charge in [-0.2, -0.15) is 0 Å². The van der Waals surface area contributed by atoms with Gasteiger partial charge in [-0.15, -0.1) is 0 Å². The van der Waals surface area contributed by atoms with Gasteiger partial charge in [0.05, 0.1) is 5.41 Å². The molecule has 2 bridgehead atoms. The molecule has 6 heteroatoms. The zero-order valence-corrected chi connectivity index (χ0v) is 19.2. The highest BCUT2D eigenvalue weighted by Gasteiger charge is 2.68. The molecular weight excluding hydrogens is 394 g/mol. The maximum atomic E-state index is 13.5. The lowest BCUT2D eigenvalue weighted by atomic mass is 9.40. The molecule has 31 heavy (non-hydrogen) atoms. The van der Waals surface area contributed by atoms with Crippen LogP contribution in [-0.2, 0) is 19.1 Å². The molecule has 4 saturated carbocycles. The Labute approximate surface area is 184 Å². The number of fused-ring (bicyclic) bond motifs is 3. The van der Waals surface area contributed by atoms with E-state index in [9.17, 15) is 19.5 Å². The Morgan fingerprint density at radius 1 is 1.06 bits per heavy atom. The summed E-state index contributed by atoms with van der Waals surface area (Å²) < 4.78 is 5.94. The van der Waals surface area contributed by atoms with Gasteiger partial charge in [0.1, 0.15) is 17.9 Å². The van der Waals surface area contributed by atoms with Gasteiger partial charge in [0.2, 0.25) is 0 Å². The summed E-state index contributed by atoms with van der Waals surface area (Å²) >= 11 is 0. The Hall–Kier alpha value is -1.43. The van der Waals surface area contributed by atoms with E-state index in [1.807, 2.05) is 0 Å². The normalized spacial score (nSPS) is 51.1. The van der Waals surface area contributed by atoms with Gasteiger partial charge in [0, 0.05) is 24.8 Å². The highest BCUT2D eigenvalue weighted by Crippen LogP contribution is 2.73. The van der Waals surface area contributed by atoms with Crippen molar-refractivity contribution in [2.45, 2.75) is 97.1 Å². The molecular formula is C25H37NO5. The number of carbonyl (C=O) groups excluding carboxylic acids is 2. The second kappa shape index (κ2) is 6.79. The van der Waals surface area contributed by atoms with E-state index in [-0.39, 0.29) is 34.2 Å². The first-order valence-corrected chi connectivity index (χ1v) is 12.2. The van der Waals surface area contributed by atoms with Crippen LogP contribution in [0.15, 0.2) is 0 Å². The second-order valence-corrected chi connectivity index (χ2v) is 12.2. The third-order valence-corrected chi connectivity index (χ3v) is 10.5. The molecule has 0 aromatic rings. The molecule has 2 N–H and O–H groups in total. The van der Waals surface area contributed by atoms with Gasteiger partial charge in [-0.05, 0) is 74.5 Å². The average Bonchev–Trinajstić information content (AvgIpc) is 3.22. The topological polar surface area (TPSA) is 92.7 Å². The lowest BCUT2D eigenvalue weighted by Crippen LogP contribution is -2.59. The Morgan fingerprint density at radius 2 is 1.81 bits per heavy atom. The molecule has 1 aliphatic heterocycles. The number of nitrogens with one attached hydrogen (secondary N) is 1. The van der Waals surface area contributed by atoms with Crippen molar-refractivity contribution < 1.29 is 24.2 Å². The number of esters is 1. The molecule has 6 nitrogen and oxygen atoms in total. The number of hydrogen-bond donors (Lipinski definition) is 2. The number of aliphatic carboxylic acids is 1. The molecule has 0 aromatic heterocycles. The van der Waals surface area contributed by atoms with Crippen LogP contribution in [0.25, 0.3) is 0 Å². The number of rotatable bonds is 3. The van der Waals surface area contributed by atoms with Gasteiger partial charge >= 0.3 is 11.9 Å². The minimum atomic E-state index is -0.886. The Morgan fingerprint density at radius 3 is 2.52 bits per heavy atom. The van der Waals surface area contributed by atoms with Crippen LogP contribution >= 0.6 is 0 Å². The van der Waals surface area contributed by atoms with Gasteiger partial charge in [-0.3, -0.25) is 14.4 Å². The van der Waals surface area contributed by atoms with Gasteiger partial charge in [0.25, 0.3) is 0 Å². The Balaban J connectivity index is 1.38. The zero-order valence-electron chi connectivity index (χ0n) is 19.2. The SMILES string of the molecule is C[C@@]12CC[C@@H]3[C@@](CC[C@H]4[C@@]3(C)CCC[C@@]4(C)C(=O)O[C@H]3CN[C@H](C(=O)O)C3)(CC1=O)C2. The van der Waals surface area contributed by atoms with E-state index in [1.165, 1.54) is 0 Å². The molecule has 0 amide bonds. The number of hydrogen-bond acceptors (Lipinski definition) is 5. The van der Waals surface area contributed by atoms with Crippen molar-refractivity contribution in [1.82, 2.24) is 5.32 Å². The fourth-order valence-corrected chi connectivity index (χ4v) is 9.02. The molecule has 1 saturated heterocycles. The van der Waals surface area contributed by atoms with E-state index < -0.39 is 17.4 Å². The molecule has 8 atom stereocenters. The standard InChI is InChI=1S/C25H37NO5/c1-22-9-5-18-23(2)7-4-8-24(3,17(23)6-10-25(18,14-22)12-19(22)27)21(30)31-15-11-16(20(28)29)26-13-15/h15-18,26H,4-14H2,1-3H3,(H,28,29)/t15-,16+,17+,18+,22+,23-,24-,25+/m1/s1. The predicted molar refractivity (Wildman–Crippen MR) is 114 cm³/mol. The van der Waals surface area contributed by atoms with Crippen molar-refractivity contribution in [2.75, 3.05) is 6.54 Å². The summed E-state index contributed by atoms with van der Waals surface area (Å²) in [6.45, 7) is 7.08. The monoisotopic (exact) mass is 431 g/mol. The largest absolute Gasteiger partial charge is 0.480 e. The highest BCUT2D eigenvalue weighted by atomic mass is 16.5. The third-order valence-electron chi connectivity index (χ3n) is 10.5. The van der Waals surface area contributed by atoms with E-state index >= 15 is 0 Å². The number of ketones is 1. The number of carboxylic acids is 1. The predicted octanol–water partition coefficient (Wildman–Crippen LogP) is 3.72. The number of carbonyl (C=O) groups is 3. The van der Waals surface area contributed by atoms with E-state index in [1.54, 1.807) is 0 Å². The van der Waals surface area contributed by atoms with Crippen molar-refractivity contribution in [1.29, 1.82) is 0 Å². The maximum Gasteiger partial charge on any atom is 0.320 e. The Kier molecular flexibility index (Phi) is 4.69. The van der Waals surface area contributed by atoms with Crippen molar-refractivity contribution >= 4 is 17.7 Å². The third kappa shape index (κ3) is 2.96. The summed E-state index contributed by atoms with van der Waals surface area (Å²) in [7, 11) is 0. The van der Waals surface area contributed by atoms with Crippen LogP contribution in [-0.4, -0.2) is 41.5 Å². The average molecular weight is 432 g/mol. The van der Waals surface area contributed by atoms with Gasteiger partial charge < -0.3 is 15.2 Å². The molecule has 5 rings (SSSR count). The molecule has 0 aromatic carbocycles. The first kappa shape index (κ1) is 21.4. The van der Waals surface area contributed by atoms with Gasteiger partial charge in [-0.25, -0.2) is 0 Å². The van der Waals surface area contributed by atoms with Crippen molar-refractivity contribution in [3.8, 4) is 0 Å². The Bertz CT molecular complexity index is 827. The summed E-state index contributed by atoms with van der Waals surface area (Å²) in [6.07, 6.45) is 8.86. The van der Waals surface area contributed by atoms with Crippen LogP contribution < -0.4 is 5.32 Å². The van der Waals surface area contributed by atoms with Crippen LogP contribution in [0.3, 0.4) is 0 Å². The molecule has 0 unspecified atom stereocenters. The lowest BCUT2D eigenvalue weighted by molar-refractivity contribution is -0.191. The fourth-order valence-electron chi connectivity index (χ4n) is 9.02. The molecule has 1 heterocycles. The summed E-state index contributed by atoms with van der Waals surface area (Å²) in [5.74, 6) is 0.219. The van der Waals surface area contributed by atoms with Crippen LogP contribution in [0, 0.1) is 33.5 Å². The first-order chi connectivity index (χ1) is 14.5. The van der Waals surface area contributed by atoms with E-state index in [0.29, 0.717) is 24.7 Å². The maximum absolute atomic E-state index is 13.5. The van der Waals surface area contributed by atoms with Crippen LogP contribution in [0.1, 0.15) is 85.0 Å². The van der Waals surface area contributed by atoms with E-state index in [4.69, 9.17) is 4.74 Å². The molecule has 172 valence electrons. The molecule has 0 radical (unpaired) electrons. The molecule has 4 aliphatic carbocycles. The highest BCUT2D eigenvalue weighted by molar-refractivity contribution is 5.88. The van der Waals surface area contributed by atoms with Crippen LogP contribution in [0.4, 0.5) is 0 Å². The fraction of sp³-hybridized carbons (Fsp3) is 0.880. The van der Waals surface area contributed by atoms with Crippen LogP contribution in [0.5, 0.6) is 0 Å². The van der Waals surface area contributed by atoms with Gasteiger partial charge in [0.15, 0.2) is 0 Å². The summed E-state index contributed by atoms with van der Waals surface area (Å²) in [6, 6.07) is -0.631. The number of ether oxygens (including phenoxy) is 1. The quantitative estimate of drug-likeness (QED) is 0.662. The minimum Gasteiger partial charge on any atom is -0.480 e. The summed E-state index contributed by atoms with van der Waals surface area (Å²) in [4.78, 5) is 37.6. The smallest absolute Gasteiger partial charge is 0.320 e. The lowest BCUT2D eigenvalue weighted by Gasteiger charge is -2.63. The molecule has 5 aliphatic rings.